The molecule has 94 valence electrons. The first-order chi connectivity index (χ1) is 9.13. The number of benzene rings is 2. The molecule has 0 fully saturated rings. The number of hydrogen-bond donors (Lipinski definition) is 0. The Hall–Kier alpha value is -1.58. The van der Waals surface area contributed by atoms with Gasteiger partial charge in [0.05, 0.1) is 5.39 Å². The fraction of sp³-hybridized carbons (Fsp3) is 0. The highest BCUT2D eigenvalue weighted by molar-refractivity contribution is 9.10. The first-order valence-corrected chi connectivity index (χ1v) is 6.80. The molecule has 0 aliphatic heterocycles. The van der Waals surface area contributed by atoms with E-state index in [4.69, 9.17) is 16.0 Å². The Morgan fingerprint density at radius 1 is 1.05 bits per heavy atom. The maximum Gasteiger partial charge on any atom is 0.193 e. The van der Waals surface area contributed by atoms with Gasteiger partial charge in [-0.2, -0.15) is 0 Å². The second kappa shape index (κ2) is 4.83. The maximum atomic E-state index is 12.1. The Morgan fingerprint density at radius 3 is 2.68 bits per heavy atom. The summed E-state index contributed by atoms with van der Waals surface area (Å²) in [6.07, 6.45) is 0. The lowest BCUT2D eigenvalue weighted by Gasteiger charge is -2.04. The zero-order chi connectivity index (χ0) is 13.4. The smallest absolute Gasteiger partial charge is 0.193 e. The van der Waals surface area contributed by atoms with Crippen molar-refractivity contribution in [3.63, 3.8) is 0 Å². The van der Waals surface area contributed by atoms with Crippen molar-refractivity contribution in [1.29, 1.82) is 0 Å². The molecule has 0 aliphatic carbocycles. The molecule has 1 heterocycles. The standard InChI is InChI=1S/C15H8BrClO2/c16-10-3-1-2-9(6-10)15-8-13(18)12-7-11(17)4-5-14(12)19-15/h1-8H. The molecular weight excluding hydrogens is 328 g/mol. The average molecular weight is 336 g/mol. The number of hydrogen-bond acceptors (Lipinski definition) is 2. The lowest BCUT2D eigenvalue weighted by Crippen LogP contribution is -2.00. The van der Waals surface area contributed by atoms with Crippen LogP contribution in [0.2, 0.25) is 5.02 Å². The zero-order valence-electron chi connectivity index (χ0n) is 9.69. The van der Waals surface area contributed by atoms with Crippen LogP contribution in [0.5, 0.6) is 0 Å². The second-order valence-corrected chi connectivity index (χ2v) is 5.48. The highest BCUT2D eigenvalue weighted by atomic mass is 79.9. The Bertz CT molecular complexity index is 824. The zero-order valence-corrected chi connectivity index (χ0v) is 12.0. The van der Waals surface area contributed by atoms with Crippen molar-refractivity contribution in [2.24, 2.45) is 0 Å². The van der Waals surface area contributed by atoms with Crippen molar-refractivity contribution in [3.8, 4) is 11.3 Å². The van der Waals surface area contributed by atoms with E-state index in [-0.39, 0.29) is 5.43 Å². The van der Waals surface area contributed by atoms with Crippen molar-refractivity contribution in [2.45, 2.75) is 0 Å². The van der Waals surface area contributed by atoms with Gasteiger partial charge < -0.3 is 4.42 Å². The Kier molecular flexibility index (Phi) is 3.17. The summed E-state index contributed by atoms with van der Waals surface area (Å²) in [4.78, 5) is 12.1. The van der Waals surface area contributed by atoms with E-state index in [1.807, 2.05) is 24.3 Å². The second-order valence-electron chi connectivity index (χ2n) is 4.13. The van der Waals surface area contributed by atoms with Crippen LogP contribution in [0.1, 0.15) is 0 Å². The third-order valence-electron chi connectivity index (χ3n) is 2.80. The van der Waals surface area contributed by atoms with E-state index < -0.39 is 0 Å². The van der Waals surface area contributed by atoms with Gasteiger partial charge in [0.2, 0.25) is 0 Å². The number of fused-ring (bicyclic) bond motifs is 1. The molecular formula is C15H8BrClO2. The molecule has 2 aromatic carbocycles. The highest BCUT2D eigenvalue weighted by Crippen LogP contribution is 2.25. The molecule has 0 atom stereocenters. The van der Waals surface area contributed by atoms with Crippen LogP contribution in [-0.2, 0) is 0 Å². The molecule has 3 aromatic rings. The van der Waals surface area contributed by atoms with Crippen molar-refractivity contribution < 1.29 is 4.42 Å². The predicted octanol–water partition coefficient (Wildman–Crippen LogP) is 4.88. The van der Waals surface area contributed by atoms with Gasteiger partial charge in [0.1, 0.15) is 11.3 Å². The third-order valence-corrected chi connectivity index (χ3v) is 3.53. The lowest BCUT2D eigenvalue weighted by atomic mass is 10.1. The SMILES string of the molecule is O=c1cc(-c2cccc(Br)c2)oc2ccc(Cl)cc12. The summed E-state index contributed by atoms with van der Waals surface area (Å²) >= 11 is 9.28. The van der Waals surface area contributed by atoms with Gasteiger partial charge in [-0.25, -0.2) is 0 Å². The van der Waals surface area contributed by atoms with Gasteiger partial charge in [-0.3, -0.25) is 4.79 Å². The van der Waals surface area contributed by atoms with Crippen molar-refractivity contribution in [3.05, 3.63) is 68.2 Å². The van der Waals surface area contributed by atoms with Gasteiger partial charge >= 0.3 is 0 Å². The summed E-state index contributed by atoms with van der Waals surface area (Å²) < 4.78 is 6.69. The average Bonchev–Trinajstić information content (AvgIpc) is 2.39. The van der Waals surface area contributed by atoms with Gasteiger partial charge in [-0.1, -0.05) is 39.7 Å². The monoisotopic (exact) mass is 334 g/mol. The van der Waals surface area contributed by atoms with E-state index in [0.717, 1.165) is 10.0 Å². The summed E-state index contributed by atoms with van der Waals surface area (Å²) in [5.41, 5.74) is 1.29. The molecule has 0 N–H and O–H groups in total. The number of halogens is 2. The predicted molar refractivity (Wildman–Crippen MR) is 80.6 cm³/mol. The van der Waals surface area contributed by atoms with Crippen LogP contribution in [0.15, 0.2) is 62.2 Å². The minimum atomic E-state index is -0.0984. The molecule has 0 saturated heterocycles. The first kappa shape index (κ1) is 12.5. The Labute approximate surface area is 122 Å². The van der Waals surface area contributed by atoms with E-state index >= 15 is 0 Å². The minimum absolute atomic E-state index is 0.0984. The molecule has 0 radical (unpaired) electrons. The third kappa shape index (κ3) is 2.44. The van der Waals surface area contributed by atoms with Gasteiger partial charge in [-0.15, -0.1) is 0 Å². The first-order valence-electron chi connectivity index (χ1n) is 5.63. The summed E-state index contributed by atoms with van der Waals surface area (Å²) in [5.74, 6) is 0.543. The topological polar surface area (TPSA) is 30.2 Å². The van der Waals surface area contributed by atoms with Crippen molar-refractivity contribution in [1.82, 2.24) is 0 Å². The summed E-state index contributed by atoms with van der Waals surface area (Å²) in [7, 11) is 0. The number of rotatable bonds is 1. The Morgan fingerprint density at radius 2 is 1.89 bits per heavy atom. The molecule has 0 unspecified atom stereocenters. The minimum Gasteiger partial charge on any atom is -0.456 e. The van der Waals surface area contributed by atoms with Gasteiger partial charge in [-0.05, 0) is 30.3 Å². The van der Waals surface area contributed by atoms with Gasteiger partial charge in [0.25, 0.3) is 0 Å². The van der Waals surface area contributed by atoms with E-state index in [9.17, 15) is 4.79 Å². The molecule has 19 heavy (non-hydrogen) atoms. The van der Waals surface area contributed by atoms with E-state index in [2.05, 4.69) is 15.9 Å². The molecule has 2 nitrogen and oxygen atoms in total. The van der Waals surface area contributed by atoms with Crippen LogP contribution in [0, 0.1) is 0 Å². The molecule has 0 amide bonds. The van der Waals surface area contributed by atoms with Crippen LogP contribution in [0.25, 0.3) is 22.3 Å². The van der Waals surface area contributed by atoms with Crippen LogP contribution in [0.4, 0.5) is 0 Å². The Balaban J connectivity index is 2.27. The molecule has 0 spiro atoms. The van der Waals surface area contributed by atoms with E-state index in [0.29, 0.717) is 21.8 Å². The largest absolute Gasteiger partial charge is 0.456 e. The van der Waals surface area contributed by atoms with Gasteiger partial charge in [0, 0.05) is 21.1 Å². The lowest BCUT2D eigenvalue weighted by molar-refractivity contribution is 0.619. The van der Waals surface area contributed by atoms with E-state index in [1.54, 1.807) is 18.2 Å². The van der Waals surface area contributed by atoms with Crippen LogP contribution >= 0.6 is 27.5 Å². The molecule has 0 saturated carbocycles. The normalized spacial score (nSPS) is 10.8. The molecule has 4 heteroatoms. The van der Waals surface area contributed by atoms with Crippen molar-refractivity contribution >= 4 is 38.5 Å². The molecule has 0 bridgehead atoms. The summed E-state index contributed by atoms with van der Waals surface area (Å²) in [6.45, 7) is 0. The van der Waals surface area contributed by atoms with Crippen molar-refractivity contribution in [2.75, 3.05) is 0 Å². The van der Waals surface area contributed by atoms with Crippen LogP contribution in [-0.4, -0.2) is 0 Å². The molecule has 3 rings (SSSR count). The fourth-order valence-electron chi connectivity index (χ4n) is 1.91. The highest BCUT2D eigenvalue weighted by Gasteiger charge is 2.07. The van der Waals surface area contributed by atoms with Gasteiger partial charge in [0.15, 0.2) is 5.43 Å². The maximum absolute atomic E-state index is 12.1. The quantitative estimate of drug-likeness (QED) is 0.634. The summed E-state index contributed by atoms with van der Waals surface area (Å²) in [5, 5.41) is 1.02. The van der Waals surface area contributed by atoms with Crippen LogP contribution < -0.4 is 5.43 Å². The molecule has 1 aromatic heterocycles. The molecule has 0 aliphatic rings. The van der Waals surface area contributed by atoms with E-state index in [1.165, 1.54) is 6.07 Å². The fourth-order valence-corrected chi connectivity index (χ4v) is 2.48. The van der Waals surface area contributed by atoms with Crippen LogP contribution in [0.3, 0.4) is 0 Å². The summed E-state index contributed by atoms with van der Waals surface area (Å²) in [6, 6.07) is 14.1.